The van der Waals surface area contributed by atoms with Gasteiger partial charge in [0.15, 0.2) is 5.11 Å². The van der Waals surface area contributed by atoms with E-state index in [-0.39, 0.29) is 5.91 Å². The van der Waals surface area contributed by atoms with Gasteiger partial charge in [0.25, 0.3) is 5.91 Å². The minimum Gasteiger partial charge on any atom is -0.362 e. The minimum atomic E-state index is -0.837. The molecule has 162 valence electrons. The summed E-state index contributed by atoms with van der Waals surface area (Å²) in [4.78, 5) is 19.7. The van der Waals surface area contributed by atoms with Crippen molar-refractivity contribution in [2.75, 3.05) is 31.6 Å². The number of nitrogens with one attached hydrogen (secondary N) is 3. The molecule has 2 atom stereocenters. The van der Waals surface area contributed by atoms with E-state index in [9.17, 15) is 4.79 Å². The molecule has 0 saturated carbocycles. The SMILES string of the molecule is CN1C(=O)C(NC(=S)NCC2CCCNC2)N=C(c2ccccc2)c2cc(Cl)ccc21. The fourth-order valence-electron chi connectivity index (χ4n) is 3.98. The summed E-state index contributed by atoms with van der Waals surface area (Å²) in [6.45, 7) is 2.82. The third kappa shape index (κ3) is 5.06. The van der Waals surface area contributed by atoms with Gasteiger partial charge in [0.05, 0.1) is 11.4 Å². The van der Waals surface area contributed by atoms with Gasteiger partial charge in [-0.15, -0.1) is 0 Å². The number of piperidine rings is 1. The van der Waals surface area contributed by atoms with Crippen LogP contribution >= 0.6 is 23.8 Å². The Labute approximate surface area is 193 Å². The van der Waals surface area contributed by atoms with Gasteiger partial charge in [0.1, 0.15) is 0 Å². The van der Waals surface area contributed by atoms with E-state index in [0.29, 0.717) is 21.8 Å². The van der Waals surface area contributed by atoms with Gasteiger partial charge in [-0.05, 0) is 62.3 Å². The Balaban J connectivity index is 1.60. The molecular formula is C23H26ClN5OS. The van der Waals surface area contributed by atoms with E-state index in [1.807, 2.05) is 42.5 Å². The molecule has 8 heteroatoms. The molecule has 2 aromatic carbocycles. The first-order chi connectivity index (χ1) is 15.0. The highest BCUT2D eigenvalue weighted by Crippen LogP contribution is 2.29. The summed E-state index contributed by atoms with van der Waals surface area (Å²) < 4.78 is 0. The highest BCUT2D eigenvalue weighted by atomic mass is 35.5. The summed E-state index contributed by atoms with van der Waals surface area (Å²) in [6, 6.07) is 15.3. The lowest BCUT2D eigenvalue weighted by Crippen LogP contribution is -2.50. The Bertz CT molecular complexity index is 991. The fourth-order valence-corrected chi connectivity index (χ4v) is 4.34. The molecule has 0 aromatic heterocycles. The lowest BCUT2D eigenvalue weighted by atomic mass is 10.00. The van der Waals surface area contributed by atoms with Crippen LogP contribution in [0.2, 0.25) is 5.02 Å². The molecule has 0 bridgehead atoms. The molecule has 2 aliphatic heterocycles. The van der Waals surface area contributed by atoms with Crippen molar-refractivity contribution in [3.63, 3.8) is 0 Å². The van der Waals surface area contributed by atoms with Crippen molar-refractivity contribution in [3.8, 4) is 0 Å². The summed E-state index contributed by atoms with van der Waals surface area (Å²) in [7, 11) is 1.75. The number of halogens is 1. The van der Waals surface area contributed by atoms with E-state index < -0.39 is 6.17 Å². The van der Waals surface area contributed by atoms with Gasteiger partial charge >= 0.3 is 0 Å². The Morgan fingerprint density at radius 1 is 1.29 bits per heavy atom. The number of nitrogens with zero attached hydrogens (tertiary/aromatic N) is 2. The quantitative estimate of drug-likeness (QED) is 0.618. The van der Waals surface area contributed by atoms with Crippen LogP contribution < -0.4 is 20.9 Å². The molecule has 0 radical (unpaired) electrons. The summed E-state index contributed by atoms with van der Waals surface area (Å²) >= 11 is 11.8. The Kier molecular flexibility index (Phi) is 6.85. The van der Waals surface area contributed by atoms with Crippen LogP contribution in [-0.4, -0.2) is 49.6 Å². The van der Waals surface area contributed by atoms with E-state index in [0.717, 1.165) is 36.4 Å². The number of carbonyl (C=O) groups excluding carboxylic acids is 1. The second-order valence-electron chi connectivity index (χ2n) is 7.87. The molecule has 2 unspecified atom stereocenters. The molecule has 2 aliphatic rings. The third-order valence-electron chi connectivity index (χ3n) is 5.66. The van der Waals surface area contributed by atoms with Crippen LogP contribution in [0.1, 0.15) is 24.0 Å². The molecule has 6 nitrogen and oxygen atoms in total. The topological polar surface area (TPSA) is 68.8 Å². The summed E-state index contributed by atoms with van der Waals surface area (Å²) in [5.74, 6) is 0.341. The van der Waals surface area contributed by atoms with Crippen molar-refractivity contribution in [2.24, 2.45) is 10.9 Å². The average Bonchev–Trinajstić information content (AvgIpc) is 2.89. The number of benzodiazepines with no additional fused rings is 1. The number of likely N-dealkylation sites (N-methyl/N-ethyl adjacent to an activating group) is 1. The number of thiocarbonyl (C=S) groups is 1. The van der Waals surface area contributed by atoms with Gasteiger partial charge < -0.3 is 20.9 Å². The third-order valence-corrected chi connectivity index (χ3v) is 6.16. The molecule has 2 heterocycles. The summed E-state index contributed by atoms with van der Waals surface area (Å²) in [6.07, 6.45) is 1.50. The lowest BCUT2D eigenvalue weighted by Gasteiger charge is -2.25. The number of benzene rings is 2. The molecular weight excluding hydrogens is 430 g/mol. The van der Waals surface area contributed by atoms with Crippen LogP contribution in [0, 0.1) is 5.92 Å². The van der Waals surface area contributed by atoms with E-state index in [2.05, 4.69) is 16.0 Å². The largest absolute Gasteiger partial charge is 0.362 e. The van der Waals surface area contributed by atoms with Crippen molar-refractivity contribution in [1.82, 2.24) is 16.0 Å². The van der Waals surface area contributed by atoms with Gasteiger partial charge in [-0.25, -0.2) is 4.99 Å². The zero-order chi connectivity index (χ0) is 21.8. The first-order valence-corrected chi connectivity index (χ1v) is 11.3. The van der Waals surface area contributed by atoms with E-state index >= 15 is 0 Å². The number of aliphatic imine (C=N–C) groups is 1. The van der Waals surface area contributed by atoms with Gasteiger partial charge in [-0.3, -0.25) is 4.79 Å². The van der Waals surface area contributed by atoms with Crippen molar-refractivity contribution in [2.45, 2.75) is 19.0 Å². The predicted octanol–water partition coefficient (Wildman–Crippen LogP) is 2.94. The molecule has 1 saturated heterocycles. The maximum Gasteiger partial charge on any atom is 0.272 e. The van der Waals surface area contributed by atoms with Crippen LogP contribution in [0.4, 0.5) is 5.69 Å². The standard InChI is InChI=1S/C23H26ClN5OS/c1-29-19-10-9-17(24)12-18(19)20(16-7-3-2-4-8-16)27-21(22(29)30)28-23(31)26-14-15-6-5-11-25-13-15/h2-4,7-10,12,15,21,25H,5-6,11,13-14H2,1H3,(H2,26,28,31). The van der Waals surface area contributed by atoms with Gasteiger partial charge in [-0.2, -0.15) is 0 Å². The molecule has 3 N–H and O–H groups in total. The number of anilines is 1. The molecule has 1 fully saturated rings. The highest BCUT2D eigenvalue weighted by Gasteiger charge is 2.30. The number of amides is 1. The molecule has 0 spiro atoms. The van der Waals surface area contributed by atoms with Crippen LogP contribution in [0.15, 0.2) is 53.5 Å². The smallest absolute Gasteiger partial charge is 0.272 e. The number of fused-ring (bicyclic) bond motifs is 1. The Hall–Kier alpha value is -2.48. The number of hydrogen-bond donors (Lipinski definition) is 3. The van der Waals surface area contributed by atoms with Crippen molar-refractivity contribution in [3.05, 3.63) is 64.7 Å². The molecule has 0 aliphatic carbocycles. The van der Waals surface area contributed by atoms with Crippen LogP contribution in [-0.2, 0) is 4.79 Å². The molecule has 1 amide bonds. The fraction of sp³-hybridized carbons (Fsp3) is 0.348. The monoisotopic (exact) mass is 455 g/mol. The van der Waals surface area contributed by atoms with Gasteiger partial charge in [0.2, 0.25) is 6.17 Å². The molecule has 2 aromatic rings. The van der Waals surface area contributed by atoms with Crippen molar-refractivity contribution < 1.29 is 4.79 Å². The zero-order valence-electron chi connectivity index (χ0n) is 17.4. The van der Waals surface area contributed by atoms with Gasteiger partial charge in [0, 0.05) is 29.7 Å². The van der Waals surface area contributed by atoms with E-state index in [1.54, 1.807) is 18.0 Å². The van der Waals surface area contributed by atoms with E-state index in [4.69, 9.17) is 28.8 Å². The van der Waals surface area contributed by atoms with Crippen LogP contribution in [0.5, 0.6) is 0 Å². The van der Waals surface area contributed by atoms with E-state index in [1.165, 1.54) is 12.8 Å². The number of carbonyl (C=O) groups is 1. The summed E-state index contributed by atoms with van der Waals surface area (Å²) in [5.41, 5.74) is 3.18. The second-order valence-corrected chi connectivity index (χ2v) is 8.72. The Morgan fingerprint density at radius 3 is 2.84 bits per heavy atom. The molecule has 4 rings (SSSR count). The maximum atomic E-state index is 13.2. The average molecular weight is 456 g/mol. The Morgan fingerprint density at radius 2 is 2.10 bits per heavy atom. The summed E-state index contributed by atoms with van der Waals surface area (Å²) in [5, 5.41) is 10.8. The van der Waals surface area contributed by atoms with Crippen molar-refractivity contribution >= 4 is 46.2 Å². The highest BCUT2D eigenvalue weighted by molar-refractivity contribution is 7.80. The van der Waals surface area contributed by atoms with Crippen LogP contribution in [0.25, 0.3) is 0 Å². The predicted molar refractivity (Wildman–Crippen MR) is 130 cm³/mol. The zero-order valence-corrected chi connectivity index (χ0v) is 19.0. The maximum absolute atomic E-state index is 13.2. The number of hydrogen-bond acceptors (Lipinski definition) is 4. The normalized spacial score (nSPS) is 21.0. The first-order valence-electron chi connectivity index (χ1n) is 10.5. The molecule has 31 heavy (non-hydrogen) atoms. The second kappa shape index (κ2) is 9.77. The van der Waals surface area contributed by atoms with Gasteiger partial charge in [-0.1, -0.05) is 41.9 Å². The van der Waals surface area contributed by atoms with Crippen molar-refractivity contribution in [1.29, 1.82) is 0 Å². The number of rotatable bonds is 4. The first kappa shape index (κ1) is 21.7. The lowest BCUT2D eigenvalue weighted by molar-refractivity contribution is -0.119. The minimum absolute atomic E-state index is 0.182. The van der Waals surface area contributed by atoms with Crippen LogP contribution in [0.3, 0.4) is 0 Å².